The quantitative estimate of drug-likeness (QED) is 0.886. The molecular weight excluding hydrogens is 260 g/mol. The summed E-state index contributed by atoms with van der Waals surface area (Å²) in [4.78, 5) is 4.36. The summed E-state index contributed by atoms with van der Waals surface area (Å²) in [7, 11) is 0. The molecule has 21 heavy (non-hydrogen) atoms. The lowest BCUT2D eigenvalue weighted by Gasteiger charge is -2.21. The van der Waals surface area contributed by atoms with Crippen molar-refractivity contribution in [3.63, 3.8) is 0 Å². The Labute approximate surface area is 124 Å². The second kappa shape index (κ2) is 5.55. The SMILES string of the molecule is Cc1cc(Nc2cccc3c2CCNC3)c(C#N)c(C)n1. The van der Waals surface area contributed by atoms with Crippen LogP contribution in [0.3, 0.4) is 0 Å². The molecule has 0 spiro atoms. The molecule has 0 atom stereocenters. The van der Waals surface area contributed by atoms with Gasteiger partial charge < -0.3 is 10.6 Å². The van der Waals surface area contributed by atoms with Gasteiger partial charge in [-0.15, -0.1) is 0 Å². The predicted molar refractivity (Wildman–Crippen MR) is 83.6 cm³/mol. The van der Waals surface area contributed by atoms with Crippen molar-refractivity contribution < 1.29 is 0 Å². The van der Waals surface area contributed by atoms with Crippen LogP contribution in [0.15, 0.2) is 24.3 Å². The van der Waals surface area contributed by atoms with Crippen LogP contribution in [0.1, 0.15) is 28.1 Å². The summed E-state index contributed by atoms with van der Waals surface area (Å²) >= 11 is 0. The van der Waals surface area contributed by atoms with Crippen LogP contribution in [-0.4, -0.2) is 11.5 Å². The maximum Gasteiger partial charge on any atom is 0.103 e. The van der Waals surface area contributed by atoms with Gasteiger partial charge in [0.05, 0.1) is 16.9 Å². The Morgan fingerprint density at radius 3 is 2.95 bits per heavy atom. The normalized spacial score (nSPS) is 13.4. The maximum atomic E-state index is 9.37. The van der Waals surface area contributed by atoms with E-state index in [1.807, 2.05) is 19.9 Å². The number of aromatic nitrogens is 1. The molecule has 0 radical (unpaired) electrons. The van der Waals surface area contributed by atoms with Gasteiger partial charge in [0.25, 0.3) is 0 Å². The Morgan fingerprint density at radius 1 is 1.29 bits per heavy atom. The fourth-order valence-electron chi connectivity index (χ4n) is 2.86. The van der Waals surface area contributed by atoms with E-state index in [1.165, 1.54) is 11.1 Å². The first-order chi connectivity index (χ1) is 10.2. The molecule has 0 aliphatic carbocycles. The zero-order valence-electron chi connectivity index (χ0n) is 12.3. The molecule has 0 saturated heterocycles. The predicted octanol–water partition coefficient (Wildman–Crippen LogP) is 2.96. The number of rotatable bonds is 2. The number of nitrogens with zero attached hydrogens (tertiary/aromatic N) is 2. The summed E-state index contributed by atoms with van der Waals surface area (Å²) in [5.41, 5.74) is 6.91. The van der Waals surface area contributed by atoms with Gasteiger partial charge in [-0.2, -0.15) is 5.26 Å². The van der Waals surface area contributed by atoms with Gasteiger partial charge in [-0.25, -0.2) is 0 Å². The van der Waals surface area contributed by atoms with E-state index in [2.05, 4.69) is 39.9 Å². The van der Waals surface area contributed by atoms with Gasteiger partial charge in [0.1, 0.15) is 6.07 Å². The number of benzene rings is 1. The smallest absolute Gasteiger partial charge is 0.103 e. The molecule has 2 N–H and O–H groups in total. The molecule has 1 aromatic carbocycles. The molecule has 4 nitrogen and oxygen atoms in total. The summed E-state index contributed by atoms with van der Waals surface area (Å²) in [5.74, 6) is 0. The van der Waals surface area contributed by atoms with Crippen LogP contribution < -0.4 is 10.6 Å². The zero-order chi connectivity index (χ0) is 14.8. The van der Waals surface area contributed by atoms with Gasteiger partial charge in [0, 0.05) is 17.9 Å². The van der Waals surface area contributed by atoms with Crippen LogP contribution >= 0.6 is 0 Å². The molecule has 0 amide bonds. The highest BCUT2D eigenvalue weighted by Crippen LogP contribution is 2.28. The topological polar surface area (TPSA) is 60.7 Å². The van der Waals surface area contributed by atoms with Crippen LogP contribution in [0.4, 0.5) is 11.4 Å². The Kier molecular flexibility index (Phi) is 3.59. The van der Waals surface area contributed by atoms with Gasteiger partial charge in [-0.05, 0) is 50.1 Å². The first-order valence-corrected chi connectivity index (χ1v) is 7.16. The van der Waals surface area contributed by atoms with Crippen molar-refractivity contribution in [2.75, 3.05) is 11.9 Å². The van der Waals surface area contributed by atoms with Crippen LogP contribution in [-0.2, 0) is 13.0 Å². The maximum absolute atomic E-state index is 9.37. The second-order valence-electron chi connectivity index (χ2n) is 5.38. The minimum absolute atomic E-state index is 0.618. The lowest BCUT2D eigenvalue weighted by molar-refractivity contribution is 0.645. The minimum atomic E-state index is 0.618. The van der Waals surface area contributed by atoms with Crippen molar-refractivity contribution in [1.82, 2.24) is 10.3 Å². The number of fused-ring (bicyclic) bond motifs is 1. The molecule has 2 heterocycles. The molecule has 3 rings (SSSR count). The third-order valence-electron chi connectivity index (χ3n) is 3.85. The van der Waals surface area contributed by atoms with Crippen molar-refractivity contribution in [3.05, 3.63) is 52.3 Å². The molecule has 0 unspecified atom stereocenters. The van der Waals surface area contributed by atoms with E-state index in [1.54, 1.807) is 0 Å². The largest absolute Gasteiger partial charge is 0.354 e. The van der Waals surface area contributed by atoms with Crippen molar-refractivity contribution in [3.8, 4) is 6.07 Å². The molecule has 106 valence electrons. The molecular formula is C17H18N4. The molecule has 0 fully saturated rings. The summed E-state index contributed by atoms with van der Waals surface area (Å²) in [6.07, 6.45) is 1.00. The summed E-state index contributed by atoms with van der Waals surface area (Å²) in [6, 6.07) is 10.5. The van der Waals surface area contributed by atoms with Crippen molar-refractivity contribution in [2.24, 2.45) is 0 Å². The van der Waals surface area contributed by atoms with Crippen molar-refractivity contribution in [1.29, 1.82) is 5.26 Å². The lowest BCUT2D eigenvalue weighted by atomic mass is 9.98. The molecule has 1 aromatic heterocycles. The Bertz CT molecular complexity index is 728. The van der Waals surface area contributed by atoms with E-state index < -0.39 is 0 Å². The third kappa shape index (κ3) is 2.61. The van der Waals surface area contributed by atoms with E-state index in [9.17, 15) is 5.26 Å². The number of nitrogens with one attached hydrogen (secondary N) is 2. The number of anilines is 2. The highest BCUT2D eigenvalue weighted by Gasteiger charge is 2.14. The van der Waals surface area contributed by atoms with Gasteiger partial charge in [-0.1, -0.05) is 12.1 Å². The van der Waals surface area contributed by atoms with Gasteiger partial charge >= 0.3 is 0 Å². The Balaban J connectivity index is 2.04. The molecule has 0 saturated carbocycles. The van der Waals surface area contributed by atoms with Crippen LogP contribution in [0.2, 0.25) is 0 Å². The summed E-state index contributed by atoms with van der Waals surface area (Å²) in [5, 5.41) is 16.2. The van der Waals surface area contributed by atoms with E-state index in [0.717, 1.165) is 42.3 Å². The zero-order valence-corrected chi connectivity index (χ0v) is 12.3. The van der Waals surface area contributed by atoms with Crippen molar-refractivity contribution >= 4 is 11.4 Å². The van der Waals surface area contributed by atoms with E-state index in [-0.39, 0.29) is 0 Å². The van der Waals surface area contributed by atoms with Gasteiger partial charge in [-0.3, -0.25) is 4.98 Å². The number of hydrogen-bond donors (Lipinski definition) is 2. The fourth-order valence-corrected chi connectivity index (χ4v) is 2.86. The first-order valence-electron chi connectivity index (χ1n) is 7.16. The lowest BCUT2D eigenvalue weighted by Crippen LogP contribution is -2.24. The van der Waals surface area contributed by atoms with Crippen LogP contribution in [0, 0.1) is 25.2 Å². The fraction of sp³-hybridized carbons (Fsp3) is 0.294. The molecule has 1 aliphatic heterocycles. The number of pyridine rings is 1. The van der Waals surface area contributed by atoms with Crippen LogP contribution in [0.5, 0.6) is 0 Å². The van der Waals surface area contributed by atoms with Gasteiger partial charge in [0.15, 0.2) is 0 Å². The van der Waals surface area contributed by atoms with E-state index >= 15 is 0 Å². The summed E-state index contributed by atoms with van der Waals surface area (Å²) in [6.45, 7) is 5.72. The van der Waals surface area contributed by atoms with Gasteiger partial charge in [0.2, 0.25) is 0 Å². The Hall–Kier alpha value is -2.38. The Morgan fingerprint density at radius 2 is 2.14 bits per heavy atom. The highest BCUT2D eigenvalue weighted by molar-refractivity contribution is 5.70. The molecule has 4 heteroatoms. The third-order valence-corrected chi connectivity index (χ3v) is 3.85. The number of aryl methyl sites for hydroxylation is 2. The number of hydrogen-bond acceptors (Lipinski definition) is 4. The molecule has 2 aromatic rings. The number of nitriles is 1. The molecule has 1 aliphatic rings. The molecule has 0 bridgehead atoms. The highest BCUT2D eigenvalue weighted by atomic mass is 14.9. The standard InChI is InChI=1S/C17H18N4/c1-11-8-17(15(9-18)12(2)20-11)21-16-5-3-4-13-10-19-7-6-14(13)16/h3-5,8,19H,6-7,10H2,1-2H3,(H,20,21). The first kappa shape index (κ1) is 13.6. The monoisotopic (exact) mass is 278 g/mol. The average Bonchev–Trinajstić information content (AvgIpc) is 2.47. The average molecular weight is 278 g/mol. The van der Waals surface area contributed by atoms with E-state index in [0.29, 0.717) is 5.56 Å². The van der Waals surface area contributed by atoms with Crippen molar-refractivity contribution in [2.45, 2.75) is 26.8 Å². The second-order valence-corrected chi connectivity index (χ2v) is 5.38. The summed E-state index contributed by atoms with van der Waals surface area (Å²) < 4.78 is 0. The van der Waals surface area contributed by atoms with E-state index in [4.69, 9.17) is 0 Å². The van der Waals surface area contributed by atoms with Crippen LogP contribution in [0.25, 0.3) is 0 Å². The minimum Gasteiger partial charge on any atom is -0.354 e.